The van der Waals surface area contributed by atoms with Gasteiger partial charge in [0.2, 0.25) is 0 Å². The summed E-state index contributed by atoms with van der Waals surface area (Å²) < 4.78 is 21.6. The third kappa shape index (κ3) is 15.9. The lowest BCUT2D eigenvalue weighted by atomic mass is 9.95. The second kappa shape index (κ2) is 18.9. The average Bonchev–Trinajstić information content (AvgIpc) is 2.77. The van der Waals surface area contributed by atoms with E-state index in [0.717, 1.165) is 57.3 Å². The summed E-state index contributed by atoms with van der Waals surface area (Å²) in [6.07, 6.45) is 13.6. The van der Waals surface area contributed by atoms with Crippen molar-refractivity contribution in [1.82, 2.24) is 0 Å². The van der Waals surface area contributed by atoms with Gasteiger partial charge in [0.15, 0.2) is 0 Å². The first-order chi connectivity index (χ1) is 15.9. The minimum Gasteiger partial charge on any atom is -0.434 e. The van der Waals surface area contributed by atoms with Crippen molar-refractivity contribution in [2.45, 2.75) is 136 Å². The van der Waals surface area contributed by atoms with Crippen LogP contribution in [0.1, 0.15) is 124 Å². The van der Waals surface area contributed by atoms with Crippen molar-refractivity contribution in [2.24, 2.45) is 11.8 Å². The smallest absolute Gasteiger partial charge is 0.434 e. The van der Waals surface area contributed by atoms with Crippen LogP contribution in [0.5, 0.6) is 0 Å². The zero-order valence-corrected chi connectivity index (χ0v) is 21.8. The maximum absolute atomic E-state index is 12.2. The van der Waals surface area contributed by atoms with Crippen molar-refractivity contribution in [2.75, 3.05) is 13.2 Å². The van der Waals surface area contributed by atoms with Gasteiger partial charge in [-0.3, -0.25) is 0 Å². The Morgan fingerprint density at radius 1 is 0.758 bits per heavy atom. The van der Waals surface area contributed by atoms with Gasteiger partial charge in [0, 0.05) is 6.42 Å². The van der Waals surface area contributed by atoms with Crippen molar-refractivity contribution in [3.63, 3.8) is 0 Å². The Hall–Kier alpha value is -1.46. The maximum Gasteiger partial charge on any atom is 0.508 e. The van der Waals surface area contributed by atoms with Crippen molar-refractivity contribution >= 4 is 12.3 Å². The first-order valence-electron chi connectivity index (χ1n) is 13.6. The summed E-state index contributed by atoms with van der Waals surface area (Å²) in [5, 5.41) is 0. The molecule has 33 heavy (non-hydrogen) atoms. The number of ether oxygens (including phenoxy) is 4. The molecular formula is C27H50O6. The molecule has 0 spiro atoms. The highest BCUT2D eigenvalue weighted by Gasteiger charge is 2.28. The minimum absolute atomic E-state index is 0.267. The maximum atomic E-state index is 12.2. The molecule has 3 atom stereocenters. The van der Waals surface area contributed by atoms with E-state index in [0.29, 0.717) is 25.6 Å². The minimum atomic E-state index is -0.611. The van der Waals surface area contributed by atoms with Crippen LogP contribution >= 0.6 is 0 Å². The second-order valence-corrected chi connectivity index (χ2v) is 10.1. The molecule has 0 amide bonds. The Bertz CT molecular complexity index is 507. The predicted octanol–water partition coefficient (Wildman–Crippen LogP) is 8.21. The van der Waals surface area contributed by atoms with Crippen LogP contribution in [0.2, 0.25) is 0 Å². The van der Waals surface area contributed by atoms with Crippen LogP contribution < -0.4 is 0 Å². The van der Waals surface area contributed by atoms with Crippen molar-refractivity contribution in [3.05, 3.63) is 0 Å². The monoisotopic (exact) mass is 470 g/mol. The first kappa shape index (κ1) is 29.6. The highest BCUT2D eigenvalue weighted by molar-refractivity contribution is 5.60. The molecule has 0 aromatic rings. The zero-order chi connectivity index (χ0) is 24.3. The lowest BCUT2D eigenvalue weighted by molar-refractivity contribution is -0.0375. The van der Waals surface area contributed by atoms with E-state index >= 15 is 0 Å². The summed E-state index contributed by atoms with van der Waals surface area (Å²) in [6, 6.07) is 0. The molecule has 1 fully saturated rings. The van der Waals surface area contributed by atoms with E-state index in [-0.39, 0.29) is 12.2 Å². The van der Waals surface area contributed by atoms with Crippen LogP contribution in [0.15, 0.2) is 0 Å². The quantitative estimate of drug-likeness (QED) is 0.157. The number of carbonyl (C=O) groups excluding carboxylic acids is 2. The molecule has 0 aliphatic heterocycles. The molecule has 0 N–H and O–H groups in total. The van der Waals surface area contributed by atoms with Gasteiger partial charge in [-0.1, -0.05) is 79.1 Å². The fourth-order valence-electron chi connectivity index (χ4n) is 4.41. The fraction of sp³-hybridized carbons (Fsp3) is 0.926. The predicted molar refractivity (Wildman–Crippen MR) is 131 cm³/mol. The van der Waals surface area contributed by atoms with E-state index in [1.54, 1.807) is 0 Å². The van der Waals surface area contributed by atoms with E-state index in [9.17, 15) is 9.59 Å². The number of hydrogen-bond donors (Lipinski definition) is 0. The number of hydrogen-bond acceptors (Lipinski definition) is 6. The summed E-state index contributed by atoms with van der Waals surface area (Å²) in [6.45, 7) is 9.65. The van der Waals surface area contributed by atoms with Crippen LogP contribution in [0.4, 0.5) is 9.59 Å². The van der Waals surface area contributed by atoms with E-state index < -0.39 is 12.3 Å². The molecule has 0 radical (unpaired) electrons. The van der Waals surface area contributed by atoms with Gasteiger partial charge in [-0.05, 0) is 50.4 Å². The lowest BCUT2D eigenvalue weighted by Gasteiger charge is -2.28. The third-order valence-corrected chi connectivity index (χ3v) is 6.35. The van der Waals surface area contributed by atoms with Crippen LogP contribution in [0.25, 0.3) is 0 Å². The molecule has 0 aromatic carbocycles. The zero-order valence-electron chi connectivity index (χ0n) is 21.8. The van der Waals surface area contributed by atoms with E-state index in [4.69, 9.17) is 18.9 Å². The molecular weight excluding hydrogens is 420 g/mol. The standard InChI is InChI=1S/C27H50O6/c1-5-7-10-16-23(14-6-2)21-31-27(29)33-25-18-13-17-24(20-25)32-26(28)30-19-12-9-8-11-15-22(3)4/h22-25H,5-21H2,1-4H3. The summed E-state index contributed by atoms with van der Waals surface area (Å²) in [7, 11) is 0. The van der Waals surface area contributed by atoms with Crippen molar-refractivity contribution < 1.29 is 28.5 Å². The largest absolute Gasteiger partial charge is 0.508 e. The summed E-state index contributed by atoms with van der Waals surface area (Å²) in [4.78, 5) is 24.2. The SMILES string of the molecule is CCCCCC(CCC)COC(=O)OC1CCCC(OC(=O)OCCCCCCC(C)C)C1. The summed E-state index contributed by atoms with van der Waals surface area (Å²) >= 11 is 0. The Balaban J connectivity index is 2.20. The normalized spacial score (nSPS) is 19.2. The second-order valence-electron chi connectivity index (χ2n) is 10.1. The molecule has 1 rings (SSSR count). The Kier molecular flexibility index (Phi) is 16.9. The number of rotatable bonds is 17. The highest BCUT2D eigenvalue weighted by Crippen LogP contribution is 2.25. The number of unbranched alkanes of at least 4 members (excludes halogenated alkanes) is 5. The molecule has 3 unspecified atom stereocenters. The average molecular weight is 471 g/mol. The van der Waals surface area contributed by atoms with Crippen molar-refractivity contribution in [1.29, 1.82) is 0 Å². The molecule has 1 aliphatic carbocycles. The van der Waals surface area contributed by atoms with E-state index in [1.807, 2.05) is 0 Å². The molecule has 6 nitrogen and oxygen atoms in total. The fourth-order valence-corrected chi connectivity index (χ4v) is 4.41. The van der Waals surface area contributed by atoms with Gasteiger partial charge in [-0.15, -0.1) is 0 Å². The molecule has 0 saturated heterocycles. The van der Waals surface area contributed by atoms with Gasteiger partial charge in [0.25, 0.3) is 0 Å². The Morgan fingerprint density at radius 2 is 1.39 bits per heavy atom. The Labute approximate surface area is 202 Å². The summed E-state index contributed by atoms with van der Waals surface area (Å²) in [5.41, 5.74) is 0. The number of carbonyl (C=O) groups is 2. The lowest BCUT2D eigenvalue weighted by Crippen LogP contribution is -2.32. The molecule has 0 heterocycles. The topological polar surface area (TPSA) is 71.1 Å². The van der Waals surface area contributed by atoms with Gasteiger partial charge in [-0.25, -0.2) is 9.59 Å². The van der Waals surface area contributed by atoms with E-state index in [1.165, 1.54) is 38.5 Å². The molecule has 0 bridgehead atoms. The van der Waals surface area contributed by atoms with Gasteiger partial charge < -0.3 is 18.9 Å². The van der Waals surface area contributed by atoms with Crippen molar-refractivity contribution in [3.8, 4) is 0 Å². The van der Waals surface area contributed by atoms with Gasteiger partial charge >= 0.3 is 12.3 Å². The molecule has 6 heteroatoms. The third-order valence-electron chi connectivity index (χ3n) is 6.35. The molecule has 1 saturated carbocycles. The van der Waals surface area contributed by atoms with Gasteiger partial charge in [0.1, 0.15) is 12.2 Å². The van der Waals surface area contributed by atoms with Crippen LogP contribution in [-0.4, -0.2) is 37.7 Å². The van der Waals surface area contributed by atoms with Crippen LogP contribution in [-0.2, 0) is 18.9 Å². The van der Waals surface area contributed by atoms with Crippen LogP contribution in [0.3, 0.4) is 0 Å². The van der Waals surface area contributed by atoms with E-state index in [2.05, 4.69) is 27.7 Å². The highest BCUT2D eigenvalue weighted by atomic mass is 16.7. The summed E-state index contributed by atoms with van der Waals surface area (Å²) in [5.74, 6) is 1.15. The first-order valence-corrected chi connectivity index (χ1v) is 13.6. The molecule has 0 aromatic heterocycles. The Morgan fingerprint density at radius 3 is 2.03 bits per heavy atom. The van der Waals surface area contributed by atoms with Gasteiger partial charge in [-0.2, -0.15) is 0 Å². The van der Waals surface area contributed by atoms with Crippen LogP contribution in [0, 0.1) is 11.8 Å². The van der Waals surface area contributed by atoms with Gasteiger partial charge in [0.05, 0.1) is 13.2 Å². The molecule has 1 aliphatic rings. The molecule has 194 valence electrons.